The van der Waals surface area contributed by atoms with E-state index in [1.807, 2.05) is 0 Å². The molecule has 0 aliphatic heterocycles. The number of benzene rings is 1. The Balaban J connectivity index is 3.12. The van der Waals surface area contributed by atoms with Crippen LogP contribution in [0.2, 0.25) is 5.02 Å². The van der Waals surface area contributed by atoms with Gasteiger partial charge in [-0.15, -0.1) is 6.58 Å². The minimum Gasteiger partial charge on any atom is -0.506 e. The number of halogens is 1. The highest BCUT2D eigenvalue weighted by Crippen LogP contribution is 2.29. The van der Waals surface area contributed by atoms with Gasteiger partial charge in [0.1, 0.15) is 5.75 Å². The minimum atomic E-state index is -0.449. The highest BCUT2D eigenvalue weighted by molar-refractivity contribution is 6.32. The Morgan fingerprint density at radius 2 is 2.31 bits per heavy atom. The summed E-state index contributed by atoms with van der Waals surface area (Å²) in [4.78, 5) is 11.5. The molecule has 0 heterocycles. The van der Waals surface area contributed by atoms with Crippen LogP contribution in [0.25, 0.3) is 0 Å². The molecule has 1 N–H and O–H groups in total. The maximum absolute atomic E-state index is 11.5. The van der Waals surface area contributed by atoms with E-state index in [0.717, 1.165) is 0 Å². The summed E-state index contributed by atoms with van der Waals surface area (Å²) in [5.41, 5.74) is 0.895. The van der Waals surface area contributed by atoms with Crippen LogP contribution < -0.4 is 0 Å². The molecule has 0 unspecified atom stereocenters. The van der Waals surface area contributed by atoms with Gasteiger partial charge in [-0.2, -0.15) is 0 Å². The number of hydrogen-bond donors (Lipinski definition) is 1. The number of phenols is 1. The van der Waals surface area contributed by atoms with Gasteiger partial charge in [0.15, 0.2) is 0 Å². The summed E-state index contributed by atoms with van der Waals surface area (Å²) in [6, 6.07) is 2.95. The number of carbonyl (C=O) groups excluding carboxylic acids is 1. The molecule has 0 atom stereocenters. The zero-order valence-corrected chi connectivity index (χ0v) is 9.75. The molecule has 1 rings (SSSR count). The van der Waals surface area contributed by atoms with E-state index in [1.54, 1.807) is 19.1 Å². The predicted octanol–water partition coefficient (Wildman–Crippen LogP) is 2.95. The lowest BCUT2D eigenvalue weighted by Gasteiger charge is -2.07. The Labute approximate surface area is 99.3 Å². The lowest BCUT2D eigenvalue weighted by molar-refractivity contribution is 0.0526. The molecule has 0 aromatic heterocycles. The van der Waals surface area contributed by atoms with Gasteiger partial charge in [0, 0.05) is 5.56 Å². The summed E-state index contributed by atoms with van der Waals surface area (Å²) in [6.07, 6.45) is 2.07. The van der Waals surface area contributed by atoms with Gasteiger partial charge in [-0.1, -0.05) is 17.7 Å². The zero-order valence-electron chi connectivity index (χ0n) is 9.00. The van der Waals surface area contributed by atoms with Gasteiger partial charge in [-0.05, 0) is 25.5 Å². The van der Waals surface area contributed by atoms with Crippen LogP contribution in [0.5, 0.6) is 5.75 Å². The average Bonchev–Trinajstić information content (AvgIpc) is 2.25. The molecule has 4 heteroatoms. The number of hydrogen-bond acceptors (Lipinski definition) is 3. The highest BCUT2D eigenvalue weighted by atomic mass is 35.5. The van der Waals surface area contributed by atoms with E-state index in [9.17, 15) is 9.90 Å². The van der Waals surface area contributed by atoms with Crippen molar-refractivity contribution >= 4 is 17.6 Å². The van der Waals surface area contributed by atoms with E-state index in [4.69, 9.17) is 16.3 Å². The molecule has 0 radical (unpaired) electrons. The Hall–Kier alpha value is -1.48. The van der Waals surface area contributed by atoms with Crippen molar-refractivity contribution in [3.8, 4) is 5.75 Å². The van der Waals surface area contributed by atoms with Gasteiger partial charge in [0.25, 0.3) is 0 Å². The fourth-order valence-corrected chi connectivity index (χ4v) is 1.54. The van der Waals surface area contributed by atoms with Crippen molar-refractivity contribution in [3.05, 3.63) is 40.9 Å². The topological polar surface area (TPSA) is 46.5 Å². The summed E-state index contributed by atoms with van der Waals surface area (Å²) in [5.74, 6) is -0.468. The Kier molecular flexibility index (Phi) is 4.38. The van der Waals surface area contributed by atoms with Crippen LogP contribution in [-0.4, -0.2) is 17.7 Å². The summed E-state index contributed by atoms with van der Waals surface area (Å²) in [5, 5.41) is 9.77. The van der Waals surface area contributed by atoms with E-state index in [0.29, 0.717) is 24.2 Å². The molecular weight excluding hydrogens is 228 g/mol. The van der Waals surface area contributed by atoms with Crippen molar-refractivity contribution in [1.29, 1.82) is 0 Å². The van der Waals surface area contributed by atoms with Gasteiger partial charge in [-0.25, -0.2) is 4.79 Å². The van der Waals surface area contributed by atoms with E-state index < -0.39 is 5.97 Å². The minimum absolute atomic E-state index is 0.0189. The largest absolute Gasteiger partial charge is 0.506 e. The van der Waals surface area contributed by atoms with Crippen molar-refractivity contribution < 1.29 is 14.6 Å². The molecular formula is C12H13ClO3. The molecule has 0 aliphatic rings. The average molecular weight is 241 g/mol. The third kappa shape index (κ3) is 2.76. The molecule has 0 amide bonds. The molecule has 1 aromatic carbocycles. The normalized spacial score (nSPS) is 9.88. The first-order valence-corrected chi connectivity index (χ1v) is 5.27. The van der Waals surface area contributed by atoms with Gasteiger partial charge in [-0.3, -0.25) is 0 Å². The molecule has 0 spiro atoms. The number of esters is 1. The van der Waals surface area contributed by atoms with Crippen LogP contribution in [0.4, 0.5) is 0 Å². The number of phenolic OH excluding ortho intramolecular Hbond substituents is 1. The van der Waals surface area contributed by atoms with Gasteiger partial charge < -0.3 is 9.84 Å². The Bertz CT molecular complexity index is 413. The second-order valence-corrected chi connectivity index (χ2v) is 3.59. The number of aromatic hydroxyl groups is 1. The first kappa shape index (κ1) is 12.6. The number of carbonyl (C=O) groups is 1. The molecule has 0 aliphatic carbocycles. The summed E-state index contributed by atoms with van der Waals surface area (Å²) >= 11 is 5.81. The highest BCUT2D eigenvalue weighted by Gasteiger charge is 2.13. The van der Waals surface area contributed by atoms with Crippen LogP contribution in [0.1, 0.15) is 22.8 Å². The van der Waals surface area contributed by atoms with Crippen molar-refractivity contribution in [1.82, 2.24) is 0 Å². The molecule has 0 saturated carbocycles. The molecule has 1 aromatic rings. The van der Waals surface area contributed by atoms with Crippen molar-refractivity contribution in [2.45, 2.75) is 13.3 Å². The van der Waals surface area contributed by atoms with Gasteiger partial charge in [0.2, 0.25) is 0 Å². The first-order chi connectivity index (χ1) is 7.60. The van der Waals surface area contributed by atoms with Crippen LogP contribution >= 0.6 is 11.6 Å². The maximum atomic E-state index is 11.5. The van der Waals surface area contributed by atoms with Crippen molar-refractivity contribution in [2.75, 3.05) is 6.61 Å². The number of allylic oxidation sites excluding steroid dienone is 1. The zero-order chi connectivity index (χ0) is 12.1. The van der Waals surface area contributed by atoms with Crippen LogP contribution in [-0.2, 0) is 11.2 Å². The quantitative estimate of drug-likeness (QED) is 0.650. The van der Waals surface area contributed by atoms with Gasteiger partial charge in [0.05, 0.1) is 17.2 Å². The van der Waals surface area contributed by atoms with Crippen LogP contribution in [0.3, 0.4) is 0 Å². The molecule has 86 valence electrons. The third-order valence-electron chi connectivity index (χ3n) is 2.02. The second kappa shape index (κ2) is 5.56. The fraction of sp³-hybridized carbons (Fsp3) is 0.250. The van der Waals surface area contributed by atoms with E-state index >= 15 is 0 Å². The lowest BCUT2D eigenvalue weighted by Crippen LogP contribution is -2.05. The summed E-state index contributed by atoms with van der Waals surface area (Å²) in [7, 11) is 0. The Morgan fingerprint density at radius 3 is 2.88 bits per heavy atom. The van der Waals surface area contributed by atoms with Crippen LogP contribution in [0, 0.1) is 0 Å². The molecule has 0 bridgehead atoms. The Morgan fingerprint density at radius 1 is 1.62 bits per heavy atom. The second-order valence-electron chi connectivity index (χ2n) is 3.18. The van der Waals surface area contributed by atoms with E-state index in [1.165, 1.54) is 6.07 Å². The summed E-state index contributed by atoms with van der Waals surface area (Å²) < 4.78 is 4.85. The molecule has 16 heavy (non-hydrogen) atoms. The number of rotatable bonds is 4. The SMILES string of the molecule is C=CCc1cc(C(=O)OCC)cc(Cl)c1O. The molecule has 0 saturated heterocycles. The molecule has 0 fully saturated rings. The summed E-state index contributed by atoms with van der Waals surface area (Å²) in [6.45, 7) is 5.59. The monoisotopic (exact) mass is 240 g/mol. The van der Waals surface area contributed by atoms with Gasteiger partial charge >= 0.3 is 5.97 Å². The smallest absolute Gasteiger partial charge is 0.338 e. The van der Waals surface area contributed by atoms with Crippen LogP contribution in [0.15, 0.2) is 24.8 Å². The number of ether oxygens (including phenoxy) is 1. The third-order valence-corrected chi connectivity index (χ3v) is 2.31. The van der Waals surface area contributed by atoms with E-state index in [-0.39, 0.29) is 10.8 Å². The lowest BCUT2D eigenvalue weighted by atomic mass is 10.1. The van der Waals surface area contributed by atoms with Crippen molar-refractivity contribution in [3.63, 3.8) is 0 Å². The standard InChI is InChI=1S/C12H13ClO3/c1-3-5-8-6-9(12(15)16-4-2)7-10(13)11(8)14/h3,6-7,14H,1,4-5H2,2H3. The van der Waals surface area contributed by atoms with E-state index in [2.05, 4.69) is 6.58 Å². The fourth-order valence-electron chi connectivity index (χ4n) is 1.30. The predicted molar refractivity (Wildman–Crippen MR) is 63.0 cm³/mol. The molecule has 3 nitrogen and oxygen atoms in total. The maximum Gasteiger partial charge on any atom is 0.338 e. The first-order valence-electron chi connectivity index (χ1n) is 4.89. The van der Waals surface area contributed by atoms with Crippen molar-refractivity contribution in [2.24, 2.45) is 0 Å².